The normalized spacial score (nSPS) is 10.1. The van der Waals surface area contributed by atoms with E-state index in [-0.39, 0.29) is 24.2 Å². The smallest absolute Gasteiger partial charge is 0.242 e. The molecule has 0 heterocycles. The molecule has 1 aromatic rings. The number of benzene rings is 1. The summed E-state index contributed by atoms with van der Waals surface area (Å²) in [5.74, 6) is -0.737. The lowest BCUT2D eigenvalue weighted by Gasteiger charge is -2.25. The molecule has 0 saturated carbocycles. The Bertz CT molecular complexity index is 441. The van der Waals surface area contributed by atoms with Gasteiger partial charge in [0.2, 0.25) is 11.8 Å². The van der Waals surface area contributed by atoms with E-state index in [1.807, 2.05) is 13.8 Å². The minimum atomic E-state index is -0.373. The zero-order chi connectivity index (χ0) is 14.4. The topological polar surface area (TPSA) is 40.6 Å². The second-order valence-electron chi connectivity index (χ2n) is 4.15. The van der Waals surface area contributed by atoms with E-state index < -0.39 is 0 Å². The highest BCUT2D eigenvalue weighted by Crippen LogP contribution is 2.15. The lowest BCUT2D eigenvalue weighted by Crippen LogP contribution is -2.42. The van der Waals surface area contributed by atoms with Crippen molar-refractivity contribution in [1.29, 1.82) is 0 Å². The van der Waals surface area contributed by atoms with Gasteiger partial charge in [-0.05, 0) is 38.1 Å². The van der Waals surface area contributed by atoms with Crippen LogP contribution in [-0.2, 0) is 9.59 Å². The first-order valence-corrected chi connectivity index (χ1v) is 6.31. The Hall–Kier alpha value is -1.91. The predicted molar refractivity (Wildman–Crippen MR) is 72.4 cm³/mol. The molecule has 0 bridgehead atoms. The van der Waals surface area contributed by atoms with Gasteiger partial charge in [-0.3, -0.25) is 9.59 Å². The van der Waals surface area contributed by atoms with Gasteiger partial charge >= 0.3 is 0 Å². The van der Waals surface area contributed by atoms with Crippen LogP contribution in [0.2, 0.25) is 0 Å². The number of halogens is 1. The van der Waals surface area contributed by atoms with Gasteiger partial charge in [0.25, 0.3) is 0 Å². The minimum absolute atomic E-state index is 0.0252. The Morgan fingerprint density at radius 3 is 2.05 bits per heavy atom. The van der Waals surface area contributed by atoms with E-state index in [4.69, 9.17) is 0 Å². The molecular weight excluding hydrogens is 247 g/mol. The van der Waals surface area contributed by atoms with E-state index in [9.17, 15) is 14.0 Å². The molecule has 0 aliphatic heterocycles. The summed E-state index contributed by atoms with van der Waals surface area (Å²) in [5, 5.41) is 0. The molecule has 0 unspecified atom stereocenters. The summed E-state index contributed by atoms with van der Waals surface area (Å²) in [6.45, 7) is 6.34. The van der Waals surface area contributed by atoms with Crippen molar-refractivity contribution < 1.29 is 14.0 Å². The summed E-state index contributed by atoms with van der Waals surface area (Å²) in [6.07, 6.45) is 0. The van der Waals surface area contributed by atoms with Crippen molar-refractivity contribution in [2.24, 2.45) is 0 Å². The molecule has 0 aromatic heterocycles. The molecule has 0 spiro atoms. The lowest BCUT2D eigenvalue weighted by atomic mass is 10.2. The number of amides is 2. The maximum Gasteiger partial charge on any atom is 0.242 e. The van der Waals surface area contributed by atoms with E-state index in [0.717, 1.165) is 0 Å². The highest BCUT2D eigenvalue weighted by Gasteiger charge is 2.18. The second-order valence-corrected chi connectivity index (χ2v) is 4.15. The van der Waals surface area contributed by atoms with Crippen molar-refractivity contribution >= 4 is 17.5 Å². The molecule has 4 nitrogen and oxygen atoms in total. The van der Waals surface area contributed by atoms with Gasteiger partial charge in [-0.25, -0.2) is 4.39 Å². The zero-order valence-electron chi connectivity index (χ0n) is 11.5. The molecule has 0 fully saturated rings. The van der Waals surface area contributed by atoms with Crippen LogP contribution < -0.4 is 4.90 Å². The molecule has 5 heteroatoms. The fourth-order valence-corrected chi connectivity index (χ4v) is 1.82. The molecule has 0 atom stereocenters. The van der Waals surface area contributed by atoms with E-state index >= 15 is 0 Å². The fraction of sp³-hybridized carbons (Fsp3) is 0.429. The van der Waals surface area contributed by atoms with Gasteiger partial charge in [-0.2, -0.15) is 0 Å². The van der Waals surface area contributed by atoms with E-state index in [2.05, 4.69) is 0 Å². The monoisotopic (exact) mass is 266 g/mol. The molecule has 104 valence electrons. The summed E-state index contributed by atoms with van der Waals surface area (Å²) in [6, 6.07) is 5.53. The minimum Gasteiger partial charge on any atom is -0.342 e. The van der Waals surface area contributed by atoms with Crippen LogP contribution in [0.5, 0.6) is 0 Å². The maximum atomic E-state index is 12.9. The van der Waals surface area contributed by atoms with Crippen LogP contribution in [0.25, 0.3) is 0 Å². The Labute approximate surface area is 112 Å². The molecule has 0 N–H and O–H groups in total. The first-order valence-electron chi connectivity index (χ1n) is 6.31. The van der Waals surface area contributed by atoms with E-state index in [0.29, 0.717) is 18.8 Å². The molecular formula is C14H19FN2O2. The third kappa shape index (κ3) is 4.05. The molecule has 0 aliphatic rings. The van der Waals surface area contributed by atoms with Gasteiger partial charge in [0.1, 0.15) is 12.4 Å². The van der Waals surface area contributed by atoms with Crippen molar-refractivity contribution in [3.8, 4) is 0 Å². The average Bonchev–Trinajstić information content (AvgIpc) is 2.38. The van der Waals surface area contributed by atoms with Gasteiger partial charge in [0.15, 0.2) is 0 Å². The fourth-order valence-electron chi connectivity index (χ4n) is 1.82. The third-order valence-electron chi connectivity index (χ3n) is 2.93. The lowest BCUT2D eigenvalue weighted by molar-refractivity contribution is -0.130. The number of hydrogen-bond donors (Lipinski definition) is 0. The number of carbonyl (C=O) groups is 2. The van der Waals surface area contributed by atoms with Gasteiger partial charge in [0, 0.05) is 25.7 Å². The molecule has 2 amide bonds. The largest absolute Gasteiger partial charge is 0.342 e. The summed E-state index contributed by atoms with van der Waals surface area (Å²) < 4.78 is 12.9. The van der Waals surface area contributed by atoms with Crippen LogP contribution in [0.1, 0.15) is 20.8 Å². The van der Waals surface area contributed by atoms with Crippen molar-refractivity contribution in [2.45, 2.75) is 20.8 Å². The molecule has 0 aliphatic carbocycles. The van der Waals surface area contributed by atoms with E-state index in [1.54, 1.807) is 4.90 Å². The van der Waals surface area contributed by atoms with E-state index in [1.165, 1.54) is 36.1 Å². The van der Waals surface area contributed by atoms with Gasteiger partial charge < -0.3 is 9.80 Å². The Kier molecular flexibility index (Phi) is 5.48. The summed E-state index contributed by atoms with van der Waals surface area (Å²) in [5.41, 5.74) is 0.523. The number of likely N-dealkylation sites (N-methyl/N-ethyl adjacent to an activating group) is 1. The van der Waals surface area contributed by atoms with Crippen LogP contribution in [0, 0.1) is 5.82 Å². The Morgan fingerprint density at radius 2 is 1.63 bits per heavy atom. The summed E-state index contributed by atoms with van der Waals surface area (Å²) in [7, 11) is 0. The zero-order valence-corrected chi connectivity index (χ0v) is 11.5. The SMILES string of the molecule is CCN(CC)C(=O)CN(C(C)=O)c1ccc(F)cc1. The number of rotatable bonds is 5. The highest BCUT2D eigenvalue weighted by atomic mass is 19.1. The van der Waals surface area contributed by atoms with Gasteiger partial charge in [-0.1, -0.05) is 0 Å². The predicted octanol–water partition coefficient (Wildman–Crippen LogP) is 2.05. The number of nitrogens with zero attached hydrogens (tertiary/aromatic N) is 2. The quantitative estimate of drug-likeness (QED) is 0.818. The second kappa shape index (κ2) is 6.87. The molecule has 0 saturated heterocycles. The number of hydrogen-bond acceptors (Lipinski definition) is 2. The standard InChI is InChI=1S/C14H19FN2O2/c1-4-16(5-2)14(19)10-17(11(3)18)13-8-6-12(15)7-9-13/h6-9H,4-5,10H2,1-3H3. The van der Waals surface area contributed by atoms with Crippen LogP contribution in [0.15, 0.2) is 24.3 Å². The number of carbonyl (C=O) groups excluding carboxylic acids is 2. The molecule has 0 radical (unpaired) electrons. The van der Waals surface area contributed by atoms with Crippen molar-refractivity contribution in [1.82, 2.24) is 4.90 Å². The van der Waals surface area contributed by atoms with Crippen LogP contribution >= 0.6 is 0 Å². The van der Waals surface area contributed by atoms with Crippen molar-refractivity contribution in [3.05, 3.63) is 30.1 Å². The molecule has 19 heavy (non-hydrogen) atoms. The van der Waals surface area contributed by atoms with Crippen LogP contribution in [0.3, 0.4) is 0 Å². The highest BCUT2D eigenvalue weighted by molar-refractivity contribution is 5.97. The summed E-state index contributed by atoms with van der Waals surface area (Å²) >= 11 is 0. The van der Waals surface area contributed by atoms with Crippen molar-refractivity contribution in [3.63, 3.8) is 0 Å². The number of anilines is 1. The molecule has 1 rings (SSSR count). The first kappa shape index (κ1) is 15.1. The van der Waals surface area contributed by atoms with Crippen molar-refractivity contribution in [2.75, 3.05) is 24.5 Å². The summed E-state index contributed by atoms with van der Waals surface area (Å²) in [4.78, 5) is 26.6. The average molecular weight is 266 g/mol. The maximum absolute atomic E-state index is 12.9. The van der Waals surface area contributed by atoms with Crippen LogP contribution in [0.4, 0.5) is 10.1 Å². The molecule has 1 aromatic carbocycles. The van der Waals surface area contributed by atoms with Gasteiger partial charge in [-0.15, -0.1) is 0 Å². The third-order valence-corrected chi connectivity index (χ3v) is 2.93. The Balaban J connectivity index is 2.87. The van der Waals surface area contributed by atoms with Crippen LogP contribution in [-0.4, -0.2) is 36.3 Å². The Morgan fingerprint density at radius 1 is 1.11 bits per heavy atom. The first-order chi connectivity index (χ1) is 8.99. The van der Waals surface area contributed by atoms with Gasteiger partial charge in [0.05, 0.1) is 0 Å².